The molecule has 2 heterocycles. The molecule has 30 heavy (non-hydrogen) atoms. The van der Waals surface area contributed by atoms with Gasteiger partial charge in [-0.15, -0.1) is 0 Å². The number of fused-ring (bicyclic) bond motifs is 2. The molecule has 1 aromatic heterocycles. The molecule has 5 heteroatoms. The Morgan fingerprint density at radius 1 is 0.900 bits per heavy atom. The van der Waals surface area contributed by atoms with Crippen molar-refractivity contribution in [2.45, 2.75) is 19.9 Å². The van der Waals surface area contributed by atoms with Gasteiger partial charge in [0, 0.05) is 10.7 Å². The number of para-hydroxylation sites is 1. The Labute approximate surface area is 178 Å². The number of amides is 1. The fraction of sp³-hybridized carbons (Fsp3) is 0.120. The van der Waals surface area contributed by atoms with Crippen molar-refractivity contribution >= 4 is 34.2 Å². The lowest BCUT2D eigenvalue weighted by molar-refractivity contribution is 0.0971. The van der Waals surface area contributed by atoms with Crippen LogP contribution in [0.15, 0.2) is 75.9 Å². The van der Waals surface area contributed by atoms with Gasteiger partial charge in [-0.3, -0.25) is 14.5 Å². The van der Waals surface area contributed by atoms with Crippen LogP contribution in [-0.2, 0) is 0 Å². The molecule has 0 bridgehead atoms. The second-order valence-electron chi connectivity index (χ2n) is 7.57. The second-order valence-corrected chi connectivity index (χ2v) is 8.01. The number of nitrogens with zero attached hydrogens (tertiary/aromatic N) is 1. The molecule has 1 aliphatic rings. The molecular weight excluding hydrogens is 398 g/mol. The summed E-state index contributed by atoms with van der Waals surface area (Å²) >= 11 is 6.08. The summed E-state index contributed by atoms with van der Waals surface area (Å²) in [5.41, 5.74) is 4.12. The van der Waals surface area contributed by atoms with Gasteiger partial charge in [0.05, 0.1) is 17.0 Å². The minimum absolute atomic E-state index is 0.0968. The van der Waals surface area contributed by atoms with Crippen molar-refractivity contribution in [3.63, 3.8) is 0 Å². The Hall–Kier alpha value is -3.37. The van der Waals surface area contributed by atoms with E-state index in [0.717, 1.165) is 16.7 Å². The topological polar surface area (TPSA) is 50.5 Å². The summed E-state index contributed by atoms with van der Waals surface area (Å²) in [6, 6.07) is 19.6. The van der Waals surface area contributed by atoms with Crippen LogP contribution in [0.1, 0.15) is 38.9 Å². The van der Waals surface area contributed by atoms with E-state index >= 15 is 0 Å². The van der Waals surface area contributed by atoms with Gasteiger partial charge < -0.3 is 4.42 Å². The van der Waals surface area contributed by atoms with E-state index in [1.807, 2.05) is 68.4 Å². The lowest BCUT2D eigenvalue weighted by Gasteiger charge is -2.25. The van der Waals surface area contributed by atoms with Crippen molar-refractivity contribution in [3.05, 3.63) is 110 Å². The number of carbonyl (C=O) groups is 1. The Bertz CT molecular complexity index is 1360. The maximum atomic E-state index is 13.6. The minimum atomic E-state index is -0.588. The largest absolute Gasteiger partial charge is 0.450 e. The molecule has 0 fully saturated rings. The molecule has 1 aliphatic heterocycles. The summed E-state index contributed by atoms with van der Waals surface area (Å²) in [6.07, 6.45) is 0. The highest BCUT2D eigenvalue weighted by Crippen LogP contribution is 2.41. The molecule has 0 N–H and O–H groups in total. The van der Waals surface area contributed by atoms with Gasteiger partial charge in [0.2, 0.25) is 5.76 Å². The summed E-state index contributed by atoms with van der Waals surface area (Å²) in [5.74, 6) is -0.229. The number of carbonyl (C=O) groups excluding carboxylic acids is 1. The zero-order chi connectivity index (χ0) is 21.0. The third-order valence-electron chi connectivity index (χ3n) is 5.71. The molecule has 1 amide bonds. The van der Waals surface area contributed by atoms with E-state index in [2.05, 4.69) is 0 Å². The highest BCUT2D eigenvalue weighted by molar-refractivity contribution is 6.30. The number of aryl methyl sites for hydroxylation is 2. The molecule has 0 aliphatic carbocycles. The molecule has 1 unspecified atom stereocenters. The van der Waals surface area contributed by atoms with E-state index in [1.165, 1.54) is 0 Å². The van der Waals surface area contributed by atoms with Crippen molar-refractivity contribution in [1.29, 1.82) is 0 Å². The molecule has 0 saturated carbocycles. The number of hydrogen-bond acceptors (Lipinski definition) is 3. The van der Waals surface area contributed by atoms with Crippen LogP contribution in [0.2, 0.25) is 5.02 Å². The van der Waals surface area contributed by atoms with Gasteiger partial charge >= 0.3 is 0 Å². The number of anilines is 1. The lowest BCUT2D eigenvalue weighted by atomic mass is 9.97. The third-order valence-corrected chi connectivity index (χ3v) is 5.96. The van der Waals surface area contributed by atoms with Crippen LogP contribution in [0.5, 0.6) is 0 Å². The lowest BCUT2D eigenvalue weighted by Crippen LogP contribution is -2.29. The van der Waals surface area contributed by atoms with Crippen LogP contribution in [0, 0.1) is 13.8 Å². The average molecular weight is 416 g/mol. The fourth-order valence-electron chi connectivity index (χ4n) is 4.04. The van der Waals surface area contributed by atoms with Crippen LogP contribution in [-0.4, -0.2) is 5.91 Å². The van der Waals surface area contributed by atoms with Crippen molar-refractivity contribution in [2.75, 3.05) is 4.90 Å². The molecule has 5 rings (SSSR count). The van der Waals surface area contributed by atoms with E-state index < -0.39 is 6.04 Å². The number of hydrogen-bond donors (Lipinski definition) is 0. The van der Waals surface area contributed by atoms with Gasteiger partial charge in [-0.05, 0) is 66.9 Å². The van der Waals surface area contributed by atoms with Crippen LogP contribution in [0.25, 0.3) is 11.0 Å². The van der Waals surface area contributed by atoms with Crippen molar-refractivity contribution in [1.82, 2.24) is 0 Å². The highest BCUT2D eigenvalue weighted by Gasteiger charge is 2.43. The smallest absolute Gasteiger partial charge is 0.295 e. The molecule has 1 atom stereocenters. The van der Waals surface area contributed by atoms with Gasteiger partial charge in [0.1, 0.15) is 5.58 Å². The third kappa shape index (κ3) is 2.76. The molecule has 0 radical (unpaired) electrons. The molecule has 4 nitrogen and oxygen atoms in total. The Balaban J connectivity index is 1.83. The SMILES string of the molecule is Cc1cc2oc3c(c(=O)c2cc1C)C(c1ccc(Cl)cc1)N(c1ccccc1)C3=O. The quantitative estimate of drug-likeness (QED) is 0.415. The second kappa shape index (κ2) is 6.85. The predicted molar refractivity (Wildman–Crippen MR) is 119 cm³/mol. The Morgan fingerprint density at radius 3 is 2.27 bits per heavy atom. The van der Waals surface area contributed by atoms with Gasteiger partial charge in [-0.2, -0.15) is 0 Å². The Kier molecular flexibility index (Phi) is 4.26. The minimum Gasteiger partial charge on any atom is -0.450 e. The normalized spacial score (nSPS) is 15.6. The zero-order valence-corrected chi connectivity index (χ0v) is 17.2. The summed E-state index contributed by atoms with van der Waals surface area (Å²) in [7, 11) is 0. The predicted octanol–water partition coefficient (Wildman–Crippen LogP) is 5.81. The maximum Gasteiger partial charge on any atom is 0.295 e. The summed E-state index contributed by atoms with van der Waals surface area (Å²) in [4.78, 5) is 28.7. The first-order chi connectivity index (χ1) is 14.5. The van der Waals surface area contributed by atoms with E-state index in [4.69, 9.17) is 16.0 Å². The van der Waals surface area contributed by atoms with Gasteiger partial charge in [-0.1, -0.05) is 41.9 Å². The van der Waals surface area contributed by atoms with Crippen LogP contribution in [0.4, 0.5) is 5.69 Å². The monoisotopic (exact) mass is 415 g/mol. The van der Waals surface area contributed by atoms with Gasteiger partial charge in [-0.25, -0.2) is 0 Å². The summed E-state index contributed by atoms with van der Waals surface area (Å²) in [5, 5.41) is 1.07. The van der Waals surface area contributed by atoms with E-state index in [-0.39, 0.29) is 17.1 Å². The standard InChI is InChI=1S/C25H18ClNO3/c1-14-12-19-20(13-15(14)2)30-24-21(23(19)28)22(16-8-10-17(26)11-9-16)27(25(24)29)18-6-4-3-5-7-18/h3-13,22H,1-2H3. The van der Waals surface area contributed by atoms with Gasteiger partial charge in [0.15, 0.2) is 5.43 Å². The molecule has 4 aromatic rings. The first-order valence-electron chi connectivity index (χ1n) is 9.67. The van der Waals surface area contributed by atoms with Gasteiger partial charge in [0.25, 0.3) is 5.91 Å². The molecule has 0 spiro atoms. The van der Waals surface area contributed by atoms with Crippen molar-refractivity contribution in [2.24, 2.45) is 0 Å². The first kappa shape index (κ1) is 18.6. The van der Waals surface area contributed by atoms with Crippen LogP contribution in [0.3, 0.4) is 0 Å². The fourth-order valence-corrected chi connectivity index (χ4v) is 4.17. The van der Waals surface area contributed by atoms with E-state index in [9.17, 15) is 9.59 Å². The van der Waals surface area contributed by atoms with Crippen LogP contribution < -0.4 is 10.3 Å². The van der Waals surface area contributed by atoms with E-state index in [1.54, 1.807) is 17.0 Å². The van der Waals surface area contributed by atoms with E-state index in [0.29, 0.717) is 27.2 Å². The molecular formula is C25H18ClNO3. The molecule has 148 valence electrons. The Morgan fingerprint density at radius 2 is 1.57 bits per heavy atom. The summed E-state index contributed by atoms with van der Waals surface area (Å²) in [6.45, 7) is 3.91. The zero-order valence-electron chi connectivity index (χ0n) is 16.5. The number of benzene rings is 3. The molecule has 0 saturated heterocycles. The first-order valence-corrected chi connectivity index (χ1v) is 10.1. The number of rotatable bonds is 2. The van der Waals surface area contributed by atoms with Crippen molar-refractivity contribution in [3.8, 4) is 0 Å². The van der Waals surface area contributed by atoms with Crippen molar-refractivity contribution < 1.29 is 9.21 Å². The summed E-state index contributed by atoms with van der Waals surface area (Å²) < 4.78 is 6.04. The maximum absolute atomic E-state index is 13.6. The highest BCUT2D eigenvalue weighted by atomic mass is 35.5. The number of halogens is 1. The average Bonchev–Trinajstić information content (AvgIpc) is 3.04. The molecule has 3 aromatic carbocycles. The van der Waals surface area contributed by atoms with Crippen LogP contribution >= 0.6 is 11.6 Å².